The van der Waals surface area contributed by atoms with Gasteiger partial charge in [-0.25, -0.2) is 14.4 Å². The highest BCUT2D eigenvalue weighted by molar-refractivity contribution is 5.96. The molecule has 1 saturated carbocycles. The molecule has 1 aliphatic heterocycles. The first-order valence-electron chi connectivity index (χ1n) is 11.2. The number of halogens is 1. The average Bonchev–Trinajstić information content (AvgIpc) is 3.43. The first kappa shape index (κ1) is 22.2. The summed E-state index contributed by atoms with van der Waals surface area (Å²) in [6.45, 7) is 0.816. The average molecular weight is 440 g/mol. The molecule has 2 aliphatic rings. The van der Waals surface area contributed by atoms with E-state index in [4.69, 9.17) is 4.98 Å². The number of hydrogen-bond acceptors (Lipinski definition) is 5. The van der Waals surface area contributed by atoms with E-state index in [0.717, 1.165) is 37.2 Å². The van der Waals surface area contributed by atoms with Crippen LogP contribution in [-0.2, 0) is 16.1 Å². The molecular formula is C24H30FN5O2. The van der Waals surface area contributed by atoms with Crippen molar-refractivity contribution in [3.63, 3.8) is 0 Å². The molecule has 2 fully saturated rings. The van der Waals surface area contributed by atoms with E-state index in [9.17, 15) is 14.0 Å². The summed E-state index contributed by atoms with van der Waals surface area (Å²) in [5, 5.41) is 0. The van der Waals surface area contributed by atoms with Gasteiger partial charge in [-0.05, 0) is 37.1 Å². The van der Waals surface area contributed by atoms with Crippen molar-refractivity contribution < 1.29 is 14.0 Å². The molecule has 2 aromatic rings. The van der Waals surface area contributed by atoms with Crippen molar-refractivity contribution in [1.82, 2.24) is 14.9 Å². The van der Waals surface area contributed by atoms with Gasteiger partial charge < -0.3 is 14.7 Å². The predicted molar refractivity (Wildman–Crippen MR) is 121 cm³/mol. The SMILES string of the molecule is CN(Cc1nc(C2CC(=O)N(c3ccc(F)cc3)C2)cc(N(C)C)n1)C(=O)C1CCCC1. The van der Waals surface area contributed by atoms with Gasteiger partial charge in [0.15, 0.2) is 0 Å². The lowest BCUT2D eigenvalue weighted by Gasteiger charge is -2.22. The molecule has 1 unspecified atom stereocenters. The lowest BCUT2D eigenvalue weighted by molar-refractivity contribution is -0.134. The number of nitrogens with zero attached hydrogens (tertiary/aromatic N) is 5. The Hall–Kier alpha value is -3.03. The monoisotopic (exact) mass is 439 g/mol. The molecule has 7 nitrogen and oxygen atoms in total. The van der Waals surface area contributed by atoms with Gasteiger partial charge in [-0.2, -0.15) is 0 Å². The van der Waals surface area contributed by atoms with Crippen molar-refractivity contribution in [2.75, 3.05) is 37.5 Å². The Labute approximate surface area is 188 Å². The Morgan fingerprint density at radius 2 is 1.81 bits per heavy atom. The predicted octanol–water partition coefficient (Wildman–Crippen LogP) is 3.35. The fourth-order valence-corrected chi connectivity index (χ4v) is 4.56. The summed E-state index contributed by atoms with van der Waals surface area (Å²) >= 11 is 0. The zero-order chi connectivity index (χ0) is 22.8. The molecule has 0 bridgehead atoms. The lowest BCUT2D eigenvalue weighted by Crippen LogP contribution is -2.32. The van der Waals surface area contributed by atoms with Gasteiger partial charge in [0.2, 0.25) is 11.8 Å². The normalized spacial score (nSPS) is 18.9. The van der Waals surface area contributed by atoms with E-state index in [1.165, 1.54) is 12.1 Å². The van der Waals surface area contributed by atoms with Crippen LogP contribution in [0.1, 0.15) is 49.5 Å². The molecule has 0 radical (unpaired) electrons. The van der Waals surface area contributed by atoms with Gasteiger partial charge in [0, 0.05) is 57.7 Å². The van der Waals surface area contributed by atoms with E-state index >= 15 is 0 Å². The second kappa shape index (κ2) is 9.22. The maximum atomic E-state index is 13.3. The number of rotatable bonds is 6. The third-order valence-electron chi connectivity index (χ3n) is 6.38. The Balaban J connectivity index is 1.54. The standard InChI is InChI=1S/C24H30FN5O2/c1-28(2)22-13-20(17-12-23(31)30(14-17)19-10-8-18(25)9-11-19)26-21(27-22)15-29(3)24(32)16-6-4-5-7-16/h8-11,13,16-17H,4-7,12,14-15H2,1-3H3. The zero-order valence-electron chi connectivity index (χ0n) is 18.9. The number of hydrogen-bond donors (Lipinski definition) is 0. The summed E-state index contributed by atoms with van der Waals surface area (Å²) in [5.74, 6) is 1.15. The maximum Gasteiger partial charge on any atom is 0.227 e. The molecule has 1 aliphatic carbocycles. The molecule has 170 valence electrons. The van der Waals surface area contributed by atoms with Gasteiger partial charge in [0.1, 0.15) is 17.5 Å². The number of anilines is 2. The van der Waals surface area contributed by atoms with Crippen molar-refractivity contribution in [2.45, 2.75) is 44.6 Å². The van der Waals surface area contributed by atoms with E-state index in [2.05, 4.69) is 4.98 Å². The topological polar surface area (TPSA) is 69.6 Å². The highest BCUT2D eigenvalue weighted by atomic mass is 19.1. The Morgan fingerprint density at radius 3 is 2.47 bits per heavy atom. The fourth-order valence-electron chi connectivity index (χ4n) is 4.56. The molecule has 1 saturated heterocycles. The second-order valence-electron chi connectivity index (χ2n) is 9.02. The van der Waals surface area contributed by atoms with Crippen molar-refractivity contribution in [2.24, 2.45) is 5.92 Å². The van der Waals surface area contributed by atoms with Crippen molar-refractivity contribution in [3.05, 3.63) is 47.7 Å². The molecular weight excluding hydrogens is 409 g/mol. The first-order valence-corrected chi connectivity index (χ1v) is 11.2. The third-order valence-corrected chi connectivity index (χ3v) is 6.38. The van der Waals surface area contributed by atoms with Crippen LogP contribution in [0.2, 0.25) is 0 Å². The van der Waals surface area contributed by atoms with Gasteiger partial charge in [-0.1, -0.05) is 12.8 Å². The molecule has 2 amide bonds. The molecule has 0 N–H and O–H groups in total. The molecule has 4 rings (SSSR count). The highest BCUT2D eigenvalue weighted by Gasteiger charge is 2.33. The quantitative estimate of drug-likeness (QED) is 0.690. The third kappa shape index (κ3) is 4.74. The van der Waals surface area contributed by atoms with Crippen LogP contribution in [0.5, 0.6) is 0 Å². The smallest absolute Gasteiger partial charge is 0.227 e. The van der Waals surface area contributed by atoms with E-state index in [0.29, 0.717) is 31.0 Å². The second-order valence-corrected chi connectivity index (χ2v) is 9.02. The molecule has 1 aromatic carbocycles. The van der Waals surface area contributed by atoms with Crippen molar-refractivity contribution in [3.8, 4) is 0 Å². The van der Waals surface area contributed by atoms with Gasteiger partial charge in [0.25, 0.3) is 0 Å². The molecule has 8 heteroatoms. The van der Waals surface area contributed by atoms with Crippen LogP contribution in [-0.4, -0.2) is 54.4 Å². The lowest BCUT2D eigenvalue weighted by atomic mass is 10.0. The molecule has 0 spiro atoms. The highest BCUT2D eigenvalue weighted by Crippen LogP contribution is 2.32. The summed E-state index contributed by atoms with van der Waals surface area (Å²) in [6.07, 6.45) is 4.47. The number of carbonyl (C=O) groups excluding carboxylic acids is 2. The number of aromatic nitrogens is 2. The van der Waals surface area contributed by atoms with Crippen LogP contribution in [0.4, 0.5) is 15.9 Å². The van der Waals surface area contributed by atoms with E-state index in [1.54, 1.807) is 29.0 Å². The zero-order valence-corrected chi connectivity index (χ0v) is 18.9. The summed E-state index contributed by atoms with van der Waals surface area (Å²) in [5.41, 5.74) is 1.47. The minimum absolute atomic E-state index is 0.0123. The minimum atomic E-state index is -0.329. The molecule has 1 aromatic heterocycles. The fraction of sp³-hybridized carbons (Fsp3) is 0.500. The Kier molecular flexibility index (Phi) is 6.39. The summed E-state index contributed by atoms with van der Waals surface area (Å²) in [7, 11) is 5.63. The number of carbonyl (C=O) groups is 2. The number of amides is 2. The van der Waals surface area contributed by atoms with Crippen molar-refractivity contribution in [1.29, 1.82) is 0 Å². The maximum absolute atomic E-state index is 13.3. The summed E-state index contributed by atoms with van der Waals surface area (Å²) in [6, 6.07) is 7.88. The minimum Gasteiger partial charge on any atom is -0.363 e. The largest absolute Gasteiger partial charge is 0.363 e. The summed E-state index contributed by atoms with van der Waals surface area (Å²) in [4.78, 5) is 40.1. The molecule has 1 atom stereocenters. The van der Waals surface area contributed by atoms with Crippen molar-refractivity contribution >= 4 is 23.3 Å². The van der Waals surface area contributed by atoms with E-state index in [1.807, 2.05) is 25.1 Å². The van der Waals surface area contributed by atoms with E-state index in [-0.39, 0.29) is 29.5 Å². The van der Waals surface area contributed by atoms with Gasteiger partial charge in [-0.15, -0.1) is 0 Å². The van der Waals surface area contributed by atoms with Gasteiger partial charge >= 0.3 is 0 Å². The summed E-state index contributed by atoms with van der Waals surface area (Å²) < 4.78 is 13.3. The Bertz CT molecular complexity index is 988. The van der Waals surface area contributed by atoms with Crippen LogP contribution in [0.25, 0.3) is 0 Å². The molecule has 2 heterocycles. The van der Waals surface area contributed by atoms with Crippen LogP contribution in [0.3, 0.4) is 0 Å². The van der Waals surface area contributed by atoms with Gasteiger partial charge in [-0.3, -0.25) is 9.59 Å². The van der Waals surface area contributed by atoms with E-state index < -0.39 is 0 Å². The Morgan fingerprint density at radius 1 is 1.12 bits per heavy atom. The van der Waals surface area contributed by atoms with Crippen LogP contribution < -0.4 is 9.80 Å². The van der Waals surface area contributed by atoms with Crippen LogP contribution in [0.15, 0.2) is 30.3 Å². The van der Waals surface area contributed by atoms with Crippen LogP contribution in [0, 0.1) is 11.7 Å². The van der Waals surface area contributed by atoms with Crippen LogP contribution >= 0.6 is 0 Å². The first-order chi connectivity index (χ1) is 15.3. The van der Waals surface area contributed by atoms with Gasteiger partial charge in [0.05, 0.1) is 12.2 Å². The number of benzene rings is 1. The molecule has 32 heavy (non-hydrogen) atoms.